The normalized spacial score (nSPS) is 11.9. The highest BCUT2D eigenvalue weighted by Crippen LogP contribution is 2.24. The summed E-state index contributed by atoms with van der Waals surface area (Å²) in [5.74, 6) is -1.38. The summed E-state index contributed by atoms with van der Waals surface area (Å²) < 4.78 is 20.1. The lowest BCUT2D eigenvalue weighted by molar-refractivity contribution is -0.145. The molecule has 4 rings (SSSR count). The third kappa shape index (κ3) is 4.76. The van der Waals surface area contributed by atoms with Crippen LogP contribution in [0.3, 0.4) is 0 Å². The van der Waals surface area contributed by atoms with E-state index in [1.54, 1.807) is 24.3 Å². The summed E-state index contributed by atoms with van der Waals surface area (Å²) in [6.45, 7) is -0.0574. The third-order valence-corrected chi connectivity index (χ3v) is 5.12. The third-order valence-electron chi connectivity index (χ3n) is 4.87. The molecule has 162 valence electrons. The first-order chi connectivity index (χ1) is 15.4. The molecule has 0 unspecified atom stereocenters. The van der Waals surface area contributed by atoms with Gasteiger partial charge >= 0.3 is 5.97 Å². The Morgan fingerprint density at radius 1 is 1.06 bits per heavy atom. The van der Waals surface area contributed by atoms with E-state index in [0.29, 0.717) is 10.8 Å². The zero-order valence-electron chi connectivity index (χ0n) is 16.6. The zero-order chi connectivity index (χ0) is 22.7. The van der Waals surface area contributed by atoms with Crippen LogP contribution >= 0.6 is 11.6 Å². The van der Waals surface area contributed by atoms with Crippen molar-refractivity contribution in [2.24, 2.45) is 0 Å². The van der Waals surface area contributed by atoms with Gasteiger partial charge in [-0.2, -0.15) is 0 Å². The standard InChI is InChI=1S/C23H17ClFN3O4/c24-16-5-1-14(2-6-16)15-3-8-18(9-4-15)32-21(23(30)31)11-12-28-22(29)19-13-17(25)7-10-20(19)26-27-28/h1-10,13,21H,11-12H2,(H,30,31)/t21-/m1/s1. The number of carboxylic acid groups (broad SMARTS) is 1. The number of carboxylic acids is 1. The molecule has 0 bridgehead atoms. The highest BCUT2D eigenvalue weighted by molar-refractivity contribution is 6.30. The number of hydrogen-bond acceptors (Lipinski definition) is 5. The number of aliphatic carboxylic acids is 1. The molecule has 0 aliphatic rings. The fourth-order valence-corrected chi connectivity index (χ4v) is 3.33. The van der Waals surface area contributed by atoms with Gasteiger partial charge in [-0.25, -0.2) is 13.9 Å². The minimum absolute atomic E-state index is 0.0380. The largest absolute Gasteiger partial charge is 0.479 e. The monoisotopic (exact) mass is 453 g/mol. The fourth-order valence-electron chi connectivity index (χ4n) is 3.20. The van der Waals surface area contributed by atoms with Crippen molar-refractivity contribution in [1.29, 1.82) is 0 Å². The Kier molecular flexibility index (Phi) is 6.13. The zero-order valence-corrected chi connectivity index (χ0v) is 17.4. The van der Waals surface area contributed by atoms with Crippen LogP contribution in [0.5, 0.6) is 5.75 Å². The molecule has 4 aromatic rings. The molecule has 0 saturated carbocycles. The van der Waals surface area contributed by atoms with Crippen molar-refractivity contribution in [3.63, 3.8) is 0 Å². The first kappa shape index (κ1) is 21.5. The van der Waals surface area contributed by atoms with Gasteiger partial charge in [0, 0.05) is 11.4 Å². The van der Waals surface area contributed by atoms with E-state index in [4.69, 9.17) is 16.3 Å². The summed E-state index contributed by atoms with van der Waals surface area (Å²) in [5, 5.41) is 17.9. The van der Waals surface area contributed by atoms with Crippen LogP contribution in [0, 0.1) is 5.82 Å². The van der Waals surface area contributed by atoms with Crippen LogP contribution in [-0.2, 0) is 11.3 Å². The molecular formula is C23H17ClFN3O4. The van der Waals surface area contributed by atoms with Crippen molar-refractivity contribution in [1.82, 2.24) is 15.0 Å². The van der Waals surface area contributed by atoms with Gasteiger partial charge in [0.15, 0.2) is 6.10 Å². The van der Waals surface area contributed by atoms with Crippen LogP contribution in [0.15, 0.2) is 71.5 Å². The molecule has 1 heterocycles. The lowest BCUT2D eigenvalue weighted by atomic mass is 10.1. The molecular weight excluding hydrogens is 437 g/mol. The summed E-state index contributed by atoms with van der Waals surface area (Å²) in [4.78, 5) is 24.2. The Morgan fingerprint density at radius 2 is 1.72 bits per heavy atom. The second-order valence-electron chi connectivity index (χ2n) is 7.04. The number of ether oxygens (including phenoxy) is 1. The fraction of sp³-hybridized carbons (Fsp3) is 0.130. The summed E-state index contributed by atoms with van der Waals surface area (Å²) in [7, 11) is 0. The van der Waals surface area contributed by atoms with Gasteiger partial charge in [0.25, 0.3) is 5.56 Å². The minimum atomic E-state index is -1.21. The molecule has 0 fully saturated rings. The summed E-state index contributed by atoms with van der Waals surface area (Å²) in [6, 6.07) is 17.9. The Morgan fingerprint density at radius 3 is 2.38 bits per heavy atom. The molecule has 7 nitrogen and oxygen atoms in total. The van der Waals surface area contributed by atoms with Gasteiger partial charge in [-0.15, -0.1) is 5.10 Å². The number of aromatic nitrogens is 3. The molecule has 1 atom stereocenters. The van der Waals surface area contributed by atoms with Crippen LogP contribution in [0.1, 0.15) is 6.42 Å². The van der Waals surface area contributed by atoms with Gasteiger partial charge in [0.2, 0.25) is 0 Å². The molecule has 0 spiro atoms. The van der Waals surface area contributed by atoms with Crippen molar-refractivity contribution in [3.05, 3.63) is 87.9 Å². The average molecular weight is 454 g/mol. The molecule has 0 aliphatic heterocycles. The van der Waals surface area contributed by atoms with Crippen molar-refractivity contribution < 1.29 is 19.0 Å². The van der Waals surface area contributed by atoms with E-state index in [1.165, 1.54) is 12.1 Å². The summed E-state index contributed by atoms with van der Waals surface area (Å²) in [6.07, 6.45) is -1.25. The lowest BCUT2D eigenvalue weighted by Gasteiger charge is -2.16. The van der Waals surface area contributed by atoms with Crippen molar-refractivity contribution in [3.8, 4) is 16.9 Å². The molecule has 0 amide bonds. The number of benzene rings is 3. The van der Waals surface area contributed by atoms with E-state index in [0.717, 1.165) is 21.9 Å². The van der Waals surface area contributed by atoms with Crippen LogP contribution in [0.25, 0.3) is 22.0 Å². The van der Waals surface area contributed by atoms with Crippen LogP contribution in [0.2, 0.25) is 5.02 Å². The molecule has 3 aromatic carbocycles. The van der Waals surface area contributed by atoms with E-state index >= 15 is 0 Å². The first-order valence-corrected chi connectivity index (χ1v) is 10.1. The maximum Gasteiger partial charge on any atom is 0.344 e. The number of rotatable bonds is 7. The summed E-state index contributed by atoms with van der Waals surface area (Å²) in [5.41, 5.74) is 1.60. The molecule has 0 aliphatic carbocycles. The van der Waals surface area contributed by atoms with Gasteiger partial charge < -0.3 is 9.84 Å². The van der Waals surface area contributed by atoms with E-state index in [-0.39, 0.29) is 23.9 Å². The number of nitrogens with zero attached hydrogens (tertiary/aromatic N) is 3. The number of hydrogen-bond donors (Lipinski definition) is 1. The Balaban J connectivity index is 1.47. The number of aryl methyl sites for hydroxylation is 1. The van der Waals surface area contributed by atoms with Gasteiger partial charge in [0.05, 0.1) is 11.9 Å². The molecule has 9 heteroatoms. The maximum absolute atomic E-state index is 13.5. The molecule has 0 radical (unpaired) electrons. The molecule has 32 heavy (non-hydrogen) atoms. The van der Waals surface area contributed by atoms with E-state index in [9.17, 15) is 19.1 Å². The minimum Gasteiger partial charge on any atom is -0.479 e. The number of halogens is 2. The maximum atomic E-state index is 13.5. The van der Waals surface area contributed by atoms with Crippen LogP contribution < -0.4 is 10.3 Å². The van der Waals surface area contributed by atoms with E-state index in [1.807, 2.05) is 24.3 Å². The predicted octanol–water partition coefficient (Wildman–Crippen LogP) is 4.17. The van der Waals surface area contributed by atoms with Gasteiger partial charge in [0.1, 0.15) is 17.1 Å². The SMILES string of the molecule is O=C(O)[C@@H](CCn1nnc2ccc(F)cc2c1=O)Oc1ccc(-c2ccc(Cl)cc2)cc1. The Bertz CT molecular complexity index is 1320. The van der Waals surface area contributed by atoms with Crippen molar-refractivity contribution >= 4 is 28.5 Å². The van der Waals surface area contributed by atoms with Gasteiger partial charge in [-0.3, -0.25) is 4.79 Å². The van der Waals surface area contributed by atoms with Crippen molar-refractivity contribution in [2.75, 3.05) is 0 Å². The van der Waals surface area contributed by atoms with E-state index < -0.39 is 23.4 Å². The van der Waals surface area contributed by atoms with Crippen molar-refractivity contribution in [2.45, 2.75) is 19.1 Å². The molecule has 1 N–H and O–H groups in total. The quantitative estimate of drug-likeness (QED) is 0.451. The van der Waals surface area contributed by atoms with Gasteiger partial charge in [-0.1, -0.05) is 41.1 Å². The van der Waals surface area contributed by atoms with E-state index in [2.05, 4.69) is 10.3 Å². The smallest absolute Gasteiger partial charge is 0.344 e. The average Bonchev–Trinajstić information content (AvgIpc) is 2.79. The van der Waals surface area contributed by atoms with Crippen LogP contribution in [0.4, 0.5) is 4.39 Å². The number of carbonyl (C=O) groups is 1. The highest BCUT2D eigenvalue weighted by atomic mass is 35.5. The second-order valence-corrected chi connectivity index (χ2v) is 7.48. The second kappa shape index (κ2) is 9.15. The Hall–Kier alpha value is -3.78. The lowest BCUT2D eigenvalue weighted by Crippen LogP contribution is -2.32. The highest BCUT2D eigenvalue weighted by Gasteiger charge is 2.20. The van der Waals surface area contributed by atoms with Crippen LogP contribution in [-0.4, -0.2) is 32.2 Å². The molecule has 1 aromatic heterocycles. The predicted molar refractivity (Wildman–Crippen MR) is 117 cm³/mol. The Labute approximate surface area is 186 Å². The number of fused-ring (bicyclic) bond motifs is 1. The first-order valence-electron chi connectivity index (χ1n) is 9.69. The summed E-state index contributed by atoms with van der Waals surface area (Å²) >= 11 is 5.91. The molecule has 0 saturated heterocycles. The topological polar surface area (TPSA) is 94.3 Å². The van der Waals surface area contributed by atoms with Gasteiger partial charge in [-0.05, 0) is 53.6 Å².